The van der Waals surface area contributed by atoms with E-state index in [1.54, 1.807) is 0 Å². The van der Waals surface area contributed by atoms with Crippen molar-refractivity contribution in [1.29, 1.82) is 0 Å². The summed E-state index contributed by atoms with van der Waals surface area (Å²) in [6.45, 7) is 6.73. The number of anilines is 2. The fourth-order valence-corrected chi connectivity index (χ4v) is 3.17. The van der Waals surface area contributed by atoms with Gasteiger partial charge in [0.05, 0.1) is 5.52 Å². The van der Waals surface area contributed by atoms with E-state index in [2.05, 4.69) is 36.9 Å². The van der Waals surface area contributed by atoms with Crippen LogP contribution < -0.4 is 10.6 Å². The molecule has 0 radical (unpaired) electrons. The molecule has 0 bridgehead atoms. The van der Waals surface area contributed by atoms with Crippen molar-refractivity contribution in [2.45, 2.75) is 39.5 Å². The molecule has 1 aliphatic heterocycles. The summed E-state index contributed by atoms with van der Waals surface area (Å²) in [4.78, 5) is 7.23. The van der Waals surface area contributed by atoms with E-state index in [1.165, 1.54) is 24.9 Å². The summed E-state index contributed by atoms with van der Waals surface area (Å²) in [5.74, 6) is 0.599. The molecular formula is C18H25N3. The number of fused-ring (bicyclic) bond motifs is 1. The molecule has 0 spiro atoms. The third-order valence-corrected chi connectivity index (χ3v) is 4.22. The minimum atomic E-state index is 0.599. The van der Waals surface area contributed by atoms with Crippen LogP contribution >= 0.6 is 0 Å². The highest BCUT2D eigenvalue weighted by molar-refractivity contribution is 5.92. The average Bonchev–Trinajstić information content (AvgIpc) is 2.47. The standard InChI is InChI=1S/C18H25N3/c1-13(2)10-14-11-17(19)16-12-15(6-7-18(16)20-14)21-8-4-3-5-9-21/h6-7,11-13H,3-5,8-10H2,1-2H3,(H2,19,20). The van der Waals surface area contributed by atoms with Gasteiger partial charge in [-0.25, -0.2) is 0 Å². The molecular weight excluding hydrogens is 258 g/mol. The molecule has 1 saturated heterocycles. The van der Waals surface area contributed by atoms with Gasteiger partial charge in [-0.05, 0) is 55.9 Å². The van der Waals surface area contributed by atoms with Crippen LogP contribution in [-0.2, 0) is 6.42 Å². The van der Waals surface area contributed by atoms with Gasteiger partial charge in [0, 0.05) is 35.5 Å². The van der Waals surface area contributed by atoms with Crippen LogP contribution in [-0.4, -0.2) is 18.1 Å². The zero-order valence-electron chi connectivity index (χ0n) is 13.1. The van der Waals surface area contributed by atoms with Crippen molar-refractivity contribution in [2.75, 3.05) is 23.7 Å². The molecule has 112 valence electrons. The number of nitrogens with two attached hydrogens (primary N) is 1. The smallest absolute Gasteiger partial charge is 0.0727 e. The normalized spacial score (nSPS) is 15.9. The lowest BCUT2D eigenvalue weighted by molar-refractivity contribution is 0.578. The van der Waals surface area contributed by atoms with Crippen LogP contribution in [0.5, 0.6) is 0 Å². The topological polar surface area (TPSA) is 42.1 Å². The van der Waals surface area contributed by atoms with Gasteiger partial charge in [-0.1, -0.05) is 13.8 Å². The van der Waals surface area contributed by atoms with Gasteiger partial charge in [0.25, 0.3) is 0 Å². The van der Waals surface area contributed by atoms with Gasteiger partial charge in [0.15, 0.2) is 0 Å². The fraction of sp³-hybridized carbons (Fsp3) is 0.500. The summed E-state index contributed by atoms with van der Waals surface area (Å²) in [6, 6.07) is 8.57. The van der Waals surface area contributed by atoms with E-state index in [0.717, 1.165) is 41.8 Å². The molecule has 1 aromatic carbocycles. The summed E-state index contributed by atoms with van der Waals surface area (Å²) in [7, 11) is 0. The van der Waals surface area contributed by atoms with E-state index in [4.69, 9.17) is 10.7 Å². The Morgan fingerprint density at radius 2 is 1.90 bits per heavy atom. The molecule has 21 heavy (non-hydrogen) atoms. The molecule has 3 heteroatoms. The summed E-state index contributed by atoms with van der Waals surface area (Å²) in [5, 5.41) is 1.09. The lowest BCUT2D eigenvalue weighted by Crippen LogP contribution is -2.29. The Kier molecular flexibility index (Phi) is 4.00. The quantitative estimate of drug-likeness (QED) is 0.925. The Hall–Kier alpha value is -1.77. The highest BCUT2D eigenvalue weighted by Gasteiger charge is 2.12. The predicted molar refractivity (Wildman–Crippen MR) is 90.8 cm³/mol. The van der Waals surface area contributed by atoms with Gasteiger partial charge < -0.3 is 10.6 Å². The van der Waals surface area contributed by atoms with E-state index < -0.39 is 0 Å². The third kappa shape index (κ3) is 3.12. The number of hydrogen-bond acceptors (Lipinski definition) is 3. The van der Waals surface area contributed by atoms with Gasteiger partial charge in [-0.2, -0.15) is 0 Å². The number of benzene rings is 1. The van der Waals surface area contributed by atoms with E-state index in [0.29, 0.717) is 5.92 Å². The summed E-state index contributed by atoms with van der Waals surface area (Å²) >= 11 is 0. The molecule has 2 N–H and O–H groups in total. The summed E-state index contributed by atoms with van der Waals surface area (Å²) in [6.07, 6.45) is 4.92. The first-order valence-electron chi connectivity index (χ1n) is 8.07. The maximum atomic E-state index is 6.27. The van der Waals surface area contributed by atoms with Crippen LogP contribution in [0.3, 0.4) is 0 Å². The summed E-state index contributed by atoms with van der Waals surface area (Å²) < 4.78 is 0. The van der Waals surface area contributed by atoms with Gasteiger partial charge in [0.2, 0.25) is 0 Å². The number of hydrogen-bond donors (Lipinski definition) is 1. The first-order valence-corrected chi connectivity index (χ1v) is 8.07. The van der Waals surface area contributed by atoms with Gasteiger partial charge in [0.1, 0.15) is 0 Å². The first kappa shape index (κ1) is 14.2. The number of aromatic nitrogens is 1. The zero-order valence-corrected chi connectivity index (χ0v) is 13.1. The van der Waals surface area contributed by atoms with Crippen molar-refractivity contribution < 1.29 is 0 Å². The number of nitrogen functional groups attached to an aromatic ring is 1. The van der Waals surface area contributed by atoms with Gasteiger partial charge in [-0.15, -0.1) is 0 Å². The molecule has 1 fully saturated rings. The van der Waals surface area contributed by atoms with Crippen molar-refractivity contribution in [1.82, 2.24) is 4.98 Å². The Morgan fingerprint density at radius 3 is 2.62 bits per heavy atom. The lowest BCUT2D eigenvalue weighted by Gasteiger charge is -2.29. The molecule has 0 saturated carbocycles. The van der Waals surface area contributed by atoms with Crippen LogP contribution in [0.4, 0.5) is 11.4 Å². The second kappa shape index (κ2) is 5.92. The lowest BCUT2D eigenvalue weighted by atomic mass is 10.0. The predicted octanol–water partition coefficient (Wildman–Crippen LogP) is 4.01. The second-order valence-corrected chi connectivity index (χ2v) is 6.55. The molecule has 3 nitrogen and oxygen atoms in total. The van der Waals surface area contributed by atoms with Crippen LogP contribution in [0.25, 0.3) is 10.9 Å². The van der Waals surface area contributed by atoms with Crippen molar-refractivity contribution >= 4 is 22.3 Å². The first-order chi connectivity index (χ1) is 10.1. The maximum Gasteiger partial charge on any atom is 0.0727 e. The fourth-order valence-electron chi connectivity index (χ4n) is 3.17. The molecule has 2 aromatic rings. The highest BCUT2D eigenvalue weighted by Crippen LogP contribution is 2.28. The second-order valence-electron chi connectivity index (χ2n) is 6.55. The van der Waals surface area contributed by atoms with Crippen molar-refractivity contribution in [3.8, 4) is 0 Å². The largest absolute Gasteiger partial charge is 0.398 e. The average molecular weight is 283 g/mol. The Balaban J connectivity index is 1.96. The van der Waals surface area contributed by atoms with E-state index in [9.17, 15) is 0 Å². The Bertz CT molecular complexity index is 628. The number of nitrogens with zero attached hydrogens (tertiary/aromatic N) is 2. The SMILES string of the molecule is CC(C)Cc1cc(N)c2cc(N3CCCCC3)ccc2n1. The molecule has 0 atom stereocenters. The van der Waals surface area contributed by atoms with Crippen LogP contribution in [0.15, 0.2) is 24.3 Å². The number of piperidine rings is 1. The van der Waals surface area contributed by atoms with Gasteiger partial charge in [-0.3, -0.25) is 4.98 Å². The van der Waals surface area contributed by atoms with Crippen LogP contribution in [0, 0.1) is 5.92 Å². The molecule has 1 aliphatic rings. The third-order valence-electron chi connectivity index (χ3n) is 4.22. The molecule has 0 amide bonds. The number of rotatable bonds is 3. The molecule has 0 unspecified atom stereocenters. The van der Waals surface area contributed by atoms with E-state index in [1.807, 2.05) is 6.07 Å². The molecule has 1 aromatic heterocycles. The molecule has 3 rings (SSSR count). The Labute approximate surface area is 127 Å². The molecule has 2 heterocycles. The monoisotopic (exact) mass is 283 g/mol. The van der Waals surface area contributed by atoms with Gasteiger partial charge >= 0.3 is 0 Å². The number of pyridine rings is 1. The van der Waals surface area contributed by atoms with Crippen molar-refractivity contribution in [2.24, 2.45) is 5.92 Å². The Morgan fingerprint density at radius 1 is 1.14 bits per heavy atom. The van der Waals surface area contributed by atoms with E-state index in [-0.39, 0.29) is 0 Å². The summed E-state index contributed by atoms with van der Waals surface area (Å²) in [5.41, 5.74) is 10.5. The zero-order chi connectivity index (χ0) is 14.8. The maximum absolute atomic E-state index is 6.27. The van der Waals surface area contributed by atoms with E-state index >= 15 is 0 Å². The van der Waals surface area contributed by atoms with Crippen LogP contribution in [0.1, 0.15) is 38.8 Å². The van der Waals surface area contributed by atoms with Crippen molar-refractivity contribution in [3.05, 3.63) is 30.0 Å². The van der Waals surface area contributed by atoms with Crippen molar-refractivity contribution in [3.63, 3.8) is 0 Å². The highest BCUT2D eigenvalue weighted by atomic mass is 15.1. The molecule has 0 aliphatic carbocycles. The minimum absolute atomic E-state index is 0.599. The van der Waals surface area contributed by atoms with Crippen LogP contribution in [0.2, 0.25) is 0 Å². The minimum Gasteiger partial charge on any atom is -0.398 e.